The molecule has 2 bridgehead atoms. The zero-order valence-corrected chi connectivity index (χ0v) is 13.5. The SMILES string of the molecule is CCOC1CC(N)(C(=O)NC2CN3CCC2CC3)C1(C)C. The largest absolute Gasteiger partial charge is 0.378 e. The molecule has 1 saturated carbocycles. The van der Waals surface area contributed by atoms with Crippen molar-refractivity contribution in [3.63, 3.8) is 0 Å². The van der Waals surface area contributed by atoms with Gasteiger partial charge in [0.25, 0.3) is 0 Å². The Bertz CT molecular complexity index is 418. The van der Waals surface area contributed by atoms with Crippen molar-refractivity contribution in [1.82, 2.24) is 10.2 Å². The Hall–Kier alpha value is -0.650. The zero-order chi connectivity index (χ0) is 15.3. The van der Waals surface area contributed by atoms with Gasteiger partial charge >= 0.3 is 0 Å². The second-order valence-corrected chi connectivity index (χ2v) is 7.56. The molecule has 5 nitrogen and oxygen atoms in total. The molecule has 0 aromatic rings. The minimum Gasteiger partial charge on any atom is -0.378 e. The van der Waals surface area contributed by atoms with E-state index in [1.807, 2.05) is 20.8 Å². The fourth-order valence-electron chi connectivity index (χ4n) is 4.25. The molecule has 21 heavy (non-hydrogen) atoms. The van der Waals surface area contributed by atoms with Crippen molar-refractivity contribution in [2.75, 3.05) is 26.2 Å². The van der Waals surface area contributed by atoms with Crippen LogP contribution in [0, 0.1) is 11.3 Å². The summed E-state index contributed by atoms with van der Waals surface area (Å²) in [6.45, 7) is 10.1. The van der Waals surface area contributed by atoms with Crippen LogP contribution in [0.15, 0.2) is 0 Å². The fraction of sp³-hybridized carbons (Fsp3) is 0.938. The molecule has 0 aromatic heterocycles. The van der Waals surface area contributed by atoms with Crippen LogP contribution in [-0.2, 0) is 9.53 Å². The molecule has 3 atom stereocenters. The topological polar surface area (TPSA) is 67.6 Å². The molecule has 3 aliphatic heterocycles. The molecular weight excluding hydrogens is 266 g/mol. The maximum absolute atomic E-state index is 12.7. The first kappa shape index (κ1) is 15.3. The normalized spacial score (nSPS) is 44.2. The molecule has 1 aliphatic carbocycles. The second-order valence-electron chi connectivity index (χ2n) is 7.56. The predicted molar refractivity (Wildman–Crippen MR) is 81.8 cm³/mol. The number of nitrogens with zero attached hydrogens (tertiary/aromatic N) is 1. The molecule has 3 heterocycles. The van der Waals surface area contributed by atoms with E-state index in [0.29, 0.717) is 18.9 Å². The number of ether oxygens (including phenoxy) is 1. The van der Waals surface area contributed by atoms with Crippen LogP contribution in [0.5, 0.6) is 0 Å². The van der Waals surface area contributed by atoms with Crippen molar-refractivity contribution in [2.45, 2.75) is 57.7 Å². The Balaban J connectivity index is 1.63. The summed E-state index contributed by atoms with van der Waals surface area (Å²) in [5.74, 6) is 0.649. The highest BCUT2D eigenvalue weighted by Crippen LogP contribution is 2.50. The number of amides is 1. The van der Waals surface area contributed by atoms with Gasteiger partial charge in [0.05, 0.1) is 6.10 Å². The first-order valence-electron chi connectivity index (χ1n) is 8.32. The van der Waals surface area contributed by atoms with E-state index < -0.39 is 5.54 Å². The number of nitrogens with one attached hydrogen (secondary N) is 1. The van der Waals surface area contributed by atoms with E-state index in [2.05, 4.69) is 10.2 Å². The number of fused-ring (bicyclic) bond motifs is 3. The summed E-state index contributed by atoms with van der Waals surface area (Å²) in [7, 11) is 0. The maximum atomic E-state index is 12.7. The number of hydrogen-bond acceptors (Lipinski definition) is 4. The highest BCUT2D eigenvalue weighted by atomic mass is 16.5. The third-order valence-corrected chi connectivity index (χ3v) is 6.21. The van der Waals surface area contributed by atoms with Gasteiger partial charge in [0.2, 0.25) is 5.91 Å². The Morgan fingerprint density at radius 3 is 2.52 bits per heavy atom. The summed E-state index contributed by atoms with van der Waals surface area (Å²) < 4.78 is 5.71. The van der Waals surface area contributed by atoms with Gasteiger partial charge < -0.3 is 20.7 Å². The number of carbonyl (C=O) groups is 1. The maximum Gasteiger partial charge on any atom is 0.241 e. The van der Waals surface area contributed by atoms with Gasteiger partial charge in [-0.2, -0.15) is 0 Å². The number of piperidine rings is 3. The van der Waals surface area contributed by atoms with Crippen LogP contribution in [0.25, 0.3) is 0 Å². The van der Waals surface area contributed by atoms with Gasteiger partial charge in [-0.15, -0.1) is 0 Å². The molecule has 4 fully saturated rings. The lowest BCUT2D eigenvalue weighted by molar-refractivity contribution is -0.172. The van der Waals surface area contributed by atoms with Gasteiger partial charge in [-0.05, 0) is 38.8 Å². The molecule has 120 valence electrons. The van der Waals surface area contributed by atoms with Crippen LogP contribution in [0.1, 0.15) is 40.0 Å². The highest BCUT2D eigenvalue weighted by molar-refractivity contribution is 5.89. The van der Waals surface area contributed by atoms with E-state index >= 15 is 0 Å². The van der Waals surface area contributed by atoms with Gasteiger partial charge in [0.15, 0.2) is 0 Å². The smallest absolute Gasteiger partial charge is 0.241 e. The molecule has 1 amide bonds. The summed E-state index contributed by atoms with van der Waals surface area (Å²) in [6.07, 6.45) is 3.12. The van der Waals surface area contributed by atoms with E-state index in [4.69, 9.17) is 10.5 Å². The van der Waals surface area contributed by atoms with Crippen LogP contribution in [-0.4, -0.2) is 54.7 Å². The van der Waals surface area contributed by atoms with Crippen molar-refractivity contribution in [1.29, 1.82) is 0 Å². The van der Waals surface area contributed by atoms with Crippen LogP contribution in [0.3, 0.4) is 0 Å². The van der Waals surface area contributed by atoms with Crippen LogP contribution >= 0.6 is 0 Å². The Kier molecular flexibility index (Phi) is 3.79. The van der Waals surface area contributed by atoms with E-state index in [1.165, 1.54) is 25.9 Å². The standard InChI is InChI=1S/C16H29N3O2/c1-4-21-13-9-16(17,15(13,2)3)14(20)18-12-10-19-7-5-11(12)6-8-19/h11-13H,4-10,17H2,1-3H3,(H,18,20). The second kappa shape index (κ2) is 5.21. The van der Waals surface area contributed by atoms with E-state index in [9.17, 15) is 4.79 Å². The van der Waals surface area contributed by atoms with Crippen LogP contribution in [0.2, 0.25) is 0 Å². The van der Waals surface area contributed by atoms with E-state index in [-0.39, 0.29) is 23.5 Å². The lowest BCUT2D eigenvalue weighted by atomic mass is 9.54. The number of nitrogens with two attached hydrogens (primary N) is 1. The third-order valence-electron chi connectivity index (χ3n) is 6.21. The van der Waals surface area contributed by atoms with E-state index in [0.717, 1.165) is 6.54 Å². The minimum atomic E-state index is -0.793. The van der Waals surface area contributed by atoms with Gasteiger partial charge in [-0.1, -0.05) is 13.8 Å². The predicted octanol–water partition coefficient (Wildman–Crippen LogP) is 0.729. The van der Waals surface area contributed by atoms with Gasteiger partial charge in [-0.25, -0.2) is 0 Å². The number of rotatable bonds is 4. The average Bonchev–Trinajstić information content (AvgIpc) is 2.48. The van der Waals surface area contributed by atoms with Crippen molar-refractivity contribution in [3.8, 4) is 0 Å². The van der Waals surface area contributed by atoms with Crippen LogP contribution in [0.4, 0.5) is 0 Å². The van der Waals surface area contributed by atoms with Crippen molar-refractivity contribution in [3.05, 3.63) is 0 Å². The molecule has 4 rings (SSSR count). The quantitative estimate of drug-likeness (QED) is 0.802. The summed E-state index contributed by atoms with van der Waals surface area (Å²) >= 11 is 0. The van der Waals surface area contributed by atoms with Crippen molar-refractivity contribution in [2.24, 2.45) is 17.1 Å². The molecule has 0 radical (unpaired) electrons. The highest BCUT2D eigenvalue weighted by Gasteiger charge is 2.63. The molecule has 5 heteroatoms. The summed E-state index contributed by atoms with van der Waals surface area (Å²) in [5.41, 5.74) is 5.36. The number of hydrogen-bond donors (Lipinski definition) is 2. The lowest BCUT2D eigenvalue weighted by Gasteiger charge is -2.58. The monoisotopic (exact) mass is 295 g/mol. The summed E-state index contributed by atoms with van der Waals surface area (Å²) in [6, 6.07) is 0.280. The van der Waals surface area contributed by atoms with E-state index in [1.54, 1.807) is 0 Å². The van der Waals surface area contributed by atoms with Crippen molar-refractivity contribution >= 4 is 5.91 Å². The van der Waals surface area contributed by atoms with Crippen molar-refractivity contribution < 1.29 is 9.53 Å². The summed E-state index contributed by atoms with van der Waals surface area (Å²) in [4.78, 5) is 15.2. The summed E-state index contributed by atoms with van der Waals surface area (Å²) in [5, 5.41) is 3.25. The van der Waals surface area contributed by atoms with Gasteiger partial charge in [0, 0.05) is 31.0 Å². The molecule has 3 unspecified atom stereocenters. The Morgan fingerprint density at radius 1 is 1.38 bits per heavy atom. The van der Waals surface area contributed by atoms with Gasteiger partial charge in [0.1, 0.15) is 5.54 Å². The van der Waals surface area contributed by atoms with Gasteiger partial charge in [-0.3, -0.25) is 4.79 Å². The average molecular weight is 295 g/mol. The third kappa shape index (κ3) is 2.30. The number of carbonyl (C=O) groups excluding carboxylic acids is 1. The fourth-order valence-corrected chi connectivity index (χ4v) is 4.25. The lowest BCUT2D eigenvalue weighted by Crippen LogP contribution is -2.77. The zero-order valence-electron chi connectivity index (χ0n) is 13.5. The molecule has 4 aliphatic rings. The molecule has 0 aromatic carbocycles. The van der Waals surface area contributed by atoms with Crippen LogP contribution < -0.4 is 11.1 Å². The first-order chi connectivity index (χ1) is 9.88. The Labute approximate surface area is 127 Å². The Morgan fingerprint density at radius 2 is 2.05 bits per heavy atom. The minimum absolute atomic E-state index is 0.0159. The molecule has 3 N–H and O–H groups in total. The molecule has 3 saturated heterocycles. The molecule has 0 spiro atoms. The first-order valence-corrected chi connectivity index (χ1v) is 8.32. The molecular formula is C16H29N3O2.